The van der Waals surface area contributed by atoms with Gasteiger partial charge in [-0.25, -0.2) is 9.97 Å². The van der Waals surface area contributed by atoms with E-state index in [1.54, 1.807) is 7.05 Å². The summed E-state index contributed by atoms with van der Waals surface area (Å²) < 4.78 is 8.31. The number of aromatic nitrogens is 5. The number of nitrogens with one attached hydrogen (secondary N) is 1. The zero-order chi connectivity index (χ0) is 17.6. The van der Waals surface area contributed by atoms with E-state index in [4.69, 9.17) is 4.42 Å². The molecule has 0 bridgehead atoms. The number of amides is 1. The van der Waals surface area contributed by atoms with Crippen LogP contribution in [-0.4, -0.2) is 30.0 Å². The van der Waals surface area contributed by atoms with E-state index < -0.39 is 0 Å². The molecule has 9 nitrogen and oxygen atoms in total. The molecule has 4 aromatic rings. The van der Waals surface area contributed by atoms with Gasteiger partial charge in [-0.1, -0.05) is 6.07 Å². The van der Waals surface area contributed by atoms with Gasteiger partial charge in [0.2, 0.25) is 5.91 Å². The maximum Gasteiger partial charge on any atom is 0.302 e. The molecule has 0 atom stereocenters. The average molecular weight is 338 g/mol. The van der Waals surface area contributed by atoms with Crippen molar-refractivity contribution in [1.82, 2.24) is 24.1 Å². The molecule has 1 aromatic carbocycles. The summed E-state index contributed by atoms with van der Waals surface area (Å²) in [6.45, 7) is 1.84. The fourth-order valence-corrected chi connectivity index (χ4v) is 2.56. The Labute approximate surface area is 140 Å². The Hall–Kier alpha value is -3.49. The number of anilines is 1. The van der Waals surface area contributed by atoms with Crippen LogP contribution in [0.15, 0.2) is 40.1 Å². The molecular formula is C16H14N6O3. The van der Waals surface area contributed by atoms with Crippen molar-refractivity contribution in [2.24, 2.45) is 7.05 Å². The summed E-state index contributed by atoms with van der Waals surface area (Å²) in [5, 5.41) is 2.59. The van der Waals surface area contributed by atoms with E-state index in [1.807, 2.05) is 25.1 Å². The maximum atomic E-state index is 12.3. The number of rotatable bonds is 3. The van der Waals surface area contributed by atoms with Crippen molar-refractivity contribution in [2.75, 3.05) is 5.32 Å². The second kappa shape index (κ2) is 5.55. The SMILES string of the molecule is Cc1ccc2nc(NC(=O)Cn3cnc4ncn(C)c(=O)c43)oc2c1. The number of fused-ring (bicyclic) bond motifs is 2. The van der Waals surface area contributed by atoms with Gasteiger partial charge in [0.15, 0.2) is 16.7 Å². The first-order valence-electron chi connectivity index (χ1n) is 7.55. The summed E-state index contributed by atoms with van der Waals surface area (Å²) >= 11 is 0. The number of benzene rings is 1. The van der Waals surface area contributed by atoms with Crippen molar-refractivity contribution >= 4 is 34.2 Å². The second-order valence-corrected chi connectivity index (χ2v) is 5.74. The van der Waals surface area contributed by atoms with Gasteiger partial charge in [0, 0.05) is 7.05 Å². The number of hydrogen-bond donors (Lipinski definition) is 1. The number of hydrogen-bond acceptors (Lipinski definition) is 6. The van der Waals surface area contributed by atoms with E-state index in [0.29, 0.717) is 16.7 Å². The summed E-state index contributed by atoms with van der Waals surface area (Å²) in [6.07, 6.45) is 2.80. The fraction of sp³-hybridized carbons (Fsp3) is 0.188. The van der Waals surface area contributed by atoms with Crippen LogP contribution in [0.5, 0.6) is 0 Å². The molecule has 1 amide bonds. The lowest BCUT2D eigenvalue weighted by Gasteiger charge is -2.03. The number of carbonyl (C=O) groups excluding carboxylic acids is 1. The quantitative estimate of drug-likeness (QED) is 0.602. The monoisotopic (exact) mass is 338 g/mol. The van der Waals surface area contributed by atoms with Gasteiger partial charge in [-0.05, 0) is 24.6 Å². The van der Waals surface area contributed by atoms with Crippen molar-refractivity contribution in [2.45, 2.75) is 13.5 Å². The molecule has 0 aliphatic heterocycles. The van der Waals surface area contributed by atoms with Gasteiger partial charge in [-0.2, -0.15) is 4.98 Å². The Kier molecular flexibility index (Phi) is 3.34. The third-order valence-corrected chi connectivity index (χ3v) is 3.80. The second-order valence-electron chi connectivity index (χ2n) is 5.74. The summed E-state index contributed by atoms with van der Waals surface area (Å²) in [4.78, 5) is 36.8. The molecular weight excluding hydrogens is 324 g/mol. The molecule has 126 valence electrons. The molecule has 0 spiro atoms. The lowest BCUT2D eigenvalue weighted by atomic mass is 10.2. The Morgan fingerprint density at radius 3 is 2.92 bits per heavy atom. The Balaban J connectivity index is 1.59. The molecule has 0 radical (unpaired) electrons. The van der Waals surface area contributed by atoms with Gasteiger partial charge in [0.25, 0.3) is 5.56 Å². The number of oxazole rings is 1. The van der Waals surface area contributed by atoms with Crippen LogP contribution in [0.3, 0.4) is 0 Å². The minimum atomic E-state index is -0.381. The minimum Gasteiger partial charge on any atom is -0.423 e. The van der Waals surface area contributed by atoms with E-state index in [2.05, 4.69) is 20.3 Å². The number of imidazole rings is 1. The molecule has 3 aromatic heterocycles. The van der Waals surface area contributed by atoms with Crippen LogP contribution in [0.2, 0.25) is 0 Å². The predicted molar refractivity (Wildman–Crippen MR) is 90.1 cm³/mol. The highest BCUT2D eigenvalue weighted by molar-refractivity contribution is 5.90. The largest absolute Gasteiger partial charge is 0.423 e. The highest BCUT2D eigenvalue weighted by Crippen LogP contribution is 2.20. The molecule has 9 heteroatoms. The highest BCUT2D eigenvalue weighted by atomic mass is 16.4. The van der Waals surface area contributed by atoms with Crippen molar-refractivity contribution in [3.8, 4) is 0 Å². The molecule has 3 heterocycles. The first-order chi connectivity index (χ1) is 12.0. The van der Waals surface area contributed by atoms with Crippen LogP contribution >= 0.6 is 0 Å². The highest BCUT2D eigenvalue weighted by Gasteiger charge is 2.14. The third kappa shape index (κ3) is 2.65. The van der Waals surface area contributed by atoms with E-state index in [-0.39, 0.29) is 29.5 Å². The van der Waals surface area contributed by atoms with Crippen molar-refractivity contribution < 1.29 is 9.21 Å². The maximum absolute atomic E-state index is 12.3. The first kappa shape index (κ1) is 15.1. The molecule has 0 fully saturated rings. The Morgan fingerprint density at radius 2 is 2.08 bits per heavy atom. The third-order valence-electron chi connectivity index (χ3n) is 3.80. The molecule has 0 saturated heterocycles. The lowest BCUT2D eigenvalue weighted by molar-refractivity contribution is -0.116. The zero-order valence-corrected chi connectivity index (χ0v) is 13.6. The van der Waals surface area contributed by atoms with Crippen LogP contribution in [-0.2, 0) is 18.4 Å². The fourth-order valence-electron chi connectivity index (χ4n) is 2.56. The summed E-state index contributed by atoms with van der Waals surface area (Å²) in [5.74, 6) is -0.381. The van der Waals surface area contributed by atoms with Gasteiger partial charge < -0.3 is 13.6 Å². The number of nitrogens with zero attached hydrogens (tertiary/aromatic N) is 5. The van der Waals surface area contributed by atoms with Crippen LogP contribution in [0.1, 0.15) is 5.56 Å². The Bertz CT molecular complexity index is 1170. The van der Waals surface area contributed by atoms with E-state index in [9.17, 15) is 9.59 Å². The lowest BCUT2D eigenvalue weighted by Crippen LogP contribution is -2.23. The van der Waals surface area contributed by atoms with Gasteiger partial charge in [-0.3, -0.25) is 14.9 Å². The summed E-state index contributed by atoms with van der Waals surface area (Å²) in [6, 6.07) is 5.69. The topological polar surface area (TPSA) is 108 Å². The molecule has 4 rings (SSSR count). The smallest absolute Gasteiger partial charge is 0.302 e. The van der Waals surface area contributed by atoms with Gasteiger partial charge in [0.1, 0.15) is 12.1 Å². The Morgan fingerprint density at radius 1 is 1.28 bits per heavy atom. The van der Waals surface area contributed by atoms with Crippen LogP contribution < -0.4 is 10.9 Å². The van der Waals surface area contributed by atoms with Crippen LogP contribution in [0.25, 0.3) is 22.3 Å². The van der Waals surface area contributed by atoms with E-state index in [0.717, 1.165) is 5.56 Å². The van der Waals surface area contributed by atoms with Crippen molar-refractivity contribution in [3.63, 3.8) is 0 Å². The van der Waals surface area contributed by atoms with Crippen LogP contribution in [0.4, 0.5) is 6.01 Å². The standard InChI is InChI=1S/C16H14N6O3/c1-9-3-4-10-11(5-9)25-16(19-10)20-12(23)6-22-8-18-14-13(22)15(24)21(2)7-17-14/h3-5,7-8H,6H2,1-2H3,(H,19,20,23). The summed E-state index contributed by atoms with van der Waals surface area (Å²) in [7, 11) is 1.59. The molecule has 25 heavy (non-hydrogen) atoms. The molecule has 0 aliphatic carbocycles. The molecule has 0 unspecified atom stereocenters. The van der Waals surface area contributed by atoms with E-state index in [1.165, 1.54) is 21.8 Å². The number of aryl methyl sites for hydroxylation is 2. The molecule has 0 aliphatic rings. The minimum absolute atomic E-state index is 0.102. The predicted octanol–water partition coefficient (Wildman–Crippen LogP) is 1.22. The van der Waals surface area contributed by atoms with Gasteiger partial charge in [0.05, 0.1) is 12.7 Å². The van der Waals surface area contributed by atoms with Gasteiger partial charge in [-0.15, -0.1) is 0 Å². The summed E-state index contributed by atoms with van der Waals surface area (Å²) in [5.41, 5.74) is 2.59. The first-order valence-corrected chi connectivity index (χ1v) is 7.55. The number of carbonyl (C=O) groups is 1. The zero-order valence-electron chi connectivity index (χ0n) is 13.6. The van der Waals surface area contributed by atoms with E-state index >= 15 is 0 Å². The van der Waals surface area contributed by atoms with Gasteiger partial charge >= 0.3 is 6.01 Å². The van der Waals surface area contributed by atoms with Crippen molar-refractivity contribution in [1.29, 1.82) is 0 Å². The molecule has 0 saturated carbocycles. The normalized spacial score (nSPS) is 11.3. The van der Waals surface area contributed by atoms with Crippen LogP contribution in [0, 0.1) is 6.92 Å². The molecule has 1 N–H and O–H groups in total. The average Bonchev–Trinajstić information content (AvgIpc) is 3.14. The van der Waals surface area contributed by atoms with Crippen molar-refractivity contribution in [3.05, 3.63) is 46.8 Å².